The molecule has 2 saturated heterocycles. The number of piperidine rings is 2. The van der Waals surface area contributed by atoms with Crippen LogP contribution in [-0.2, 0) is 5.41 Å². The van der Waals surface area contributed by atoms with E-state index < -0.39 is 0 Å². The zero-order chi connectivity index (χ0) is 13.8. The van der Waals surface area contributed by atoms with Crippen LogP contribution in [-0.4, -0.2) is 36.3 Å². The molecule has 0 amide bonds. The van der Waals surface area contributed by atoms with Crippen LogP contribution in [0, 0.1) is 0 Å². The lowest BCUT2D eigenvalue weighted by Gasteiger charge is -2.34. The molecule has 3 rings (SSSR count). The third-order valence-corrected chi connectivity index (χ3v) is 4.71. The van der Waals surface area contributed by atoms with Crippen molar-refractivity contribution in [3.63, 3.8) is 0 Å². The van der Waals surface area contributed by atoms with Crippen LogP contribution in [0.3, 0.4) is 0 Å². The van der Waals surface area contributed by atoms with Crippen LogP contribution in [0.1, 0.15) is 57.8 Å². The molecule has 20 heavy (non-hydrogen) atoms. The van der Waals surface area contributed by atoms with Crippen molar-refractivity contribution < 1.29 is 4.52 Å². The number of aromatic nitrogens is 2. The molecule has 1 atom stereocenters. The lowest BCUT2D eigenvalue weighted by atomic mass is 9.77. The van der Waals surface area contributed by atoms with Crippen LogP contribution in [0.4, 0.5) is 5.95 Å². The van der Waals surface area contributed by atoms with E-state index >= 15 is 0 Å². The molecule has 112 valence electrons. The Morgan fingerprint density at radius 3 is 2.80 bits per heavy atom. The van der Waals surface area contributed by atoms with Gasteiger partial charge in [0.05, 0.1) is 5.41 Å². The highest BCUT2D eigenvalue weighted by Gasteiger charge is 2.38. The Bertz CT molecular complexity index is 414. The summed E-state index contributed by atoms with van der Waals surface area (Å²) in [7, 11) is 0. The summed E-state index contributed by atoms with van der Waals surface area (Å²) in [6.45, 7) is 6.45. The minimum absolute atomic E-state index is 0.0635. The third-order valence-electron chi connectivity index (χ3n) is 4.71. The van der Waals surface area contributed by atoms with Crippen molar-refractivity contribution in [2.24, 2.45) is 0 Å². The number of anilines is 1. The number of rotatable bonds is 4. The Hall–Kier alpha value is -1.10. The molecular formula is C15H26N4O. The third kappa shape index (κ3) is 2.68. The van der Waals surface area contributed by atoms with Gasteiger partial charge in [0.2, 0.25) is 5.89 Å². The van der Waals surface area contributed by atoms with E-state index in [1.165, 1.54) is 25.7 Å². The lowest BCUT2D eigenvalue weighted by molar-refractivity contribution is 0.213. The fraction of sp³-hybridized carbons (Fsp3) is 0.867. The first-order valence-corrected chi connectivity index (χ1v) is 8.14. The maximum absolute atomic E-state index is 5.67. The highest BCUT2D eigenvalue weighted by molar-refractivity contribution is 5.29. The molecule has 0 aromatic carbocycles. The molecule has 2 aliphatic rings. The molecule has 1 N–H and O–H groups in total. The second-order valence-corrected chi connectivity index (χ2v) is 6.26. The van der Waals surface area contributed by atoms with Crippen LogP contribution < -0.4 is 10.2 Å². The van der Waals surface area contributed by atoms with Gasteiger partial charge in [0.25, 0.3) is 5.95 Å². The van der Waals surface area contributed by atoms with Gasteiger partial charge in [-0.3, -0.25) is 0 Å². The van der Waals surface area contributed by atoms with Crippen molar-refractivity contribution in [3.05, 3.63) is 5.89 Å². The topological polar surface area (TPSA) is 54.2 Å². The van der Waals surface area contributed by atoms with E-state index in [-0.39, 0.29) is 5.41 Å². The first-order chi connectivity index (χ1) is 9.84. The highest BCUT2D eigenvalue weighted by atomic mass is 16.5. The zero-order valence-corrected chi connectivity index (χ0v) is 12.5. The summed E-state index contributed by atoms with van der Waals surface area (Å²) in [5, 5.41) is 7.76. The molecule has 1 aromatic heterocycles. The summed E-state index contributed by atoms with van der Waals surface area (Å²) >= 11 is 0. The van der Waals surface area contributed by atoms with Gasteiger partial charge in [-0.1, -0.05) is 13.3 Å². The molecule has 2 fully saturated rings. The molecule has 1 aromatic rings. The highest BCUT2D eigenvalue weighted by Crippen LogP contribution is 2.35. The normalized spacial score (nSPS) is 27.8. The maximum atomic E-state index is 5.67. The standard InChI is InChI=1S/C15H26N4O/c1-2-7-15(8-6-9-16-12-15)13-17-14(18-20-13)19-10-4-3-5-11-19/h16H,2-12H2,1H3. The molecule has 0 aliphatic carbocycles. The van der Waals surface area contributed by atoms with Crippen molar-refractivity contribution in [2.75, 3.05) is 31.1 Å². The molecule has 3 heterocycles. The summed E-state index contributed by atoms with van der Waals surface area (Å²) < 4.78 is 5.67. The van der Waals surface area contributed by atoms with Gasteiger partial charge in [-0.05, 0) is 50.2 Å². The van der Waals surface area contributed by atoms with Crippen LogP contribution in [0.2, 0.25) is 0 Å². The molecule has 0 spiro atoms. The predicted octanol–water partition coefficient (Wildman–Crippen LogP) is 2.48. The monoisotopic (exact) mass is 278 g/mol. The van der Waals surface area contributed by atoms with Gasteiger partial charge in [-0.2, -0.15) is 4.98 Å². The number of nitrogens with one attached hydrogen (secondary N) is 1. The van der Waals surface area contributed by atoms with Gasteiger partial charge >= 0.3 is 0 Å². The van der Waals surface area contributed by atoms with Gasteiger partial charge in [-0.15, -0.1) is 0 Å². The maximum Gasteiger partial charge on any atom is 0.266 e. The van der Waals surface area contributed by atoms with Crippen molar-refractivity contribution >= 4 is 5.95 Å². The molecule has 5 nitrogen and oxygen atoms in total. The van der Waals surface area contributed by atoms with E-state index in [0.717, 1.165) is 57.3 Å². The second-order valence-electron chi connectivity index (χ2n) is 6.26. The first-order valence-electron chi connectivity index (χ1n) is 8.14. The van der Waals surface area contributed by atoms with Crippen LogP contribution in [0.25, 0.3) is 0 Å². The fourth-order valence-electron chi connectivity index (χ4n) is 3.60. The van der Waals surface area contributed by atoms with E-state index in [2.05, 4.69) is 22.3 Å². The fourth-order valence-corrected chi connectivity index (χ4v) is 3.60. The molecule has 0 saturated carbocycles. The largest absolute Gasteiger partial charge is 0.338 e. The quantitative estimate of drug-likeness (QED) is 0.917. The van der Waals surface area contributed by atoms with Gasteiger partial charge in [-0.25, -0.2) is 0 Å². The smallest absolute Gasteiger partial charge is 0.266 e. The molecular weight excluding hydrogens is 252 g/mol. The Morgan fingerprint density at radius 1 is 1.25 bits per heavy atom. The van der Waals surface area contributed by atoms with E-state index in [0.29, 0.717) is 0 Å². The molecule has 0 radical (unpaired) electrons. The Morgan fingerprint density at radius 2 is 2.10 bits per heavy atom. The SMILES string of the molecule is CCCC1(c2nc(N3CCCCC3)no2)CCCNC1. The van der Waals surface area contributed by atoms with Crippen molar-refractivity contribution in [3.8, 4) is 0 Å². The number of hydrogen-bond acceptors (Lipinski definition) is 5. The summed E-state index contributed by atoms with van der Waals surface area (Å²) in [5.74, 6) is 1.66. The van der Waals surface area contributed by atoms with Gasteiger partial charge < -0.3 is 14.7 Å². The van der Waals surface area contributed by atoms with E-state index in [1.54, 1.807) is 0 Å². The van der Waals surface area contributed by atoms with Crippen molar-refractivity contribution in [1.82, 2.24) is 15.5 Å². The van der Waals surface area contributed by atoms with Crippen LogP contribution >= 0.6 is 0 Å². The van der Waals surface area contributed by atoms with Crippen LogP contribution in [0.15, 0.2) is 4.52 Å². The Labute approximate surface area is 121 Å². The first kappa shape index (κ1) is 13.9. The van der Waals surface area contributed by atoms with Crippen molar-refractivity contribution in [1.29, 1.82) is 0 Å². The van der Waals surface area contributed by atoms with Gasteiger partial charge in [0.1, 0.15) is 0 Å². The van der Waals surface area contributed by atoms with E-state index in [1.807, 2.05) is 0 Å². The summed E-state index contributed by atoms with van der Waals surface area (Å²) in [4.78, 5) is 7.03. The molecule has 2 aliphatic heterocycles. The number of nitrogens with zero attached hydrogens (tertiary/aromatic N) is 3. The molecule has 1 unspecified atom stereocenters. The van der Waals surface area contributed by atoms with Gasteiger partial charge in [0.15, 0.2) is 0 Å². The second kappa shape index (κ2) is 6.12. The Balaban J connectivity index is 1.79. The predicted molar refractivity (Wildman–Crippen MR) is 79.1 cm³/mol. The molecule has 5 heteroatoms. The minimum atomic E-state index is 0.0635. The minimum Gasteiger partial charge on any atom is -0.338 e. The molecule has 0 bridgehead atoms. The lowest BCUT2D eigenvalue weighted by Crippen LogP contribution is -2.43. The Kier molecular flexibility index (Phi) is 4.24. The van der Waals surface area contributed by atoms with Crippen molar-refractivity contribution in [2.45, 2.75) is 57.3 Å². The summed E-state index contributed by atoms with van der Waals surface area (Å²) in [6, 6.07) is 0. The van der Waals surface area contributed by atoms with Gasteiger partial charge in [0, 0.05) is 19.6 Å². The average Bonchev–Trinajstić information content (AvgIpc) is 3.00. The van der Waals surface area contributed by atoms with E-state index in [4.69, 9.17) is 9.51 Å². The zero-order valence-electron chi connectivity index (χ0n) is 12.5. The summed E-state index contributed by atoms with van der Waals surface area (Å²) in [6.07, 6.45) is 8.45. The number of hydrogen-bond donors (Lipinski definition) is 1. The van der Waals surface area contributed by atoms with Crippen LogP contribution in [0.5, 0.6) is 0 Å². The van der Waals surface area contributed by atoms with E-state index in [9.17, 15) is 0 Å². The average molecular weight is 278 g/mol. The summed E-state index contributed by atoms with van der Waals surface area (Å²) in [5.41, 5.74) is 0.0635.